The second kappa shape index (κ2) is 9.47. The first-order valence-electron chi connectivity index (χ1n) is 11.3. The van der Waals surface area contributed by atoms with Crippen molar-refractivity contribution in [1.82, 2.24) is 14.8 Å². The number of ether oxygens (including phenoxy) is 1. The quantitative estimate of drug-likeness (QED) is 0.640. The molecule has 6 nitrogen and oxygen atoms in total. The number of para-hydroxylation sites is 1. The largest absolute Gasteiger partial charge is 0.497 e. The molecule has 2 aromatic carbocycles. The highest BCUT2D eigenvalue weighted by Gasteiger charge is 2.27. The van der Waals surface area contributed by atoms with Crippen LogP contribution in [0, 0.1) is 0 Å². The molecule has 0 aliphatic carbocycles. The fraction of sp³-hybridized carbons (Fsp3) is 0.385. The third kappa shape index (κ3) is 4.35. The van der Waals surface area contributed by atoms with Gasteiger partial charge in [0, 0.05) is 62.5 Å². The van der Waals surface area contributed by atoms with Gasteiger partial charge in [0.25, 0.3) is 0 Å². The average Bonchev–Trinajstić information content (AvgIpc) is 3.26. The van der Waals surface area contributed by atoms with E-state index in [1.807, 2.05) is 29.2 Å². The second-order valence-corrected chi connectivity index (χ2v) is 8.35. The summed E-state index contributed by atoms with van der Waals surface area (Å²) in [5, 5.41) is 1.17. The summed E-state index contributed by atoms with van der Waals surface area (Å²) in [5.74, 6) is 0.917. The topological polar surface area (TPSA) is 65.6 Å². The molecule has 1 aliphatic rings. The number of amides is 2. The third-order valence-electron chi connectivity index (χ3n) is 6.56. The lowest BCUT2D eigenvalue weighted by Crippen LogP contribution is -2.50. The number of hydrogen-bond acceptors (Lipinski definition) is 3. The van der Waals surface area contributed by atoms with E-state index in [-0.39, 0.29) is 17.7 Å². The number of nitrogens with one attached hydrogen (secondary N) is 1. The Hall–Kier alpha value is -3.28. The smallest absolute Gasteiger partial charge is 0.223 e. The number of nitrogens with zero attached hydrogens (tertiary/aromatic N) is 2. The van der Waals surface area contributed by atoms with Crippen LogP contribution in [0.15, 0.2) is 48.7 Å². The zero-order chi connectivity index (χ0) is 22.7. The van der Waals surface area contributed by atoms with Gasteiger partial charge >= 0.3 is 0 Å². The zero-order valence-electron chi connectivity index (χ0n) is 19.1. The van der Waals surface area contributed by atoms with Crippen molar-refractivity contribution in [2.75, 3.05) is 33.3 Å². The number of rotatable bonds is 6. The molecule has 0 bridgehead atoms. The van der Waals surface area contributed by atoms with Crippen LogP contribution < -0.4 is 4.74 Å². The van der Waals surface area contributed by atoms with Gasteiger partial charge in [0.1, 0.15) is 5.75 Å². The SMILES string of the molecule is CCc1cccc2c([C@@H](CC(=O)N3CCN(C(C)=O)CC3)c3ccc(OC)cc3)c[nH]c12. The maximum atomic E-state index is 13.3. The molecule has 0 radical (unpaired) electrons. The van der Waals surface area contributed by atoms with Crippen molar-refractivity contribution < 1.29 is 14.3 Å². The number of methoxy groups -OCH3 is 1. The molecule has 0 unspecified atom stereocenters. The first kappa shape index (κ1) is 21.9. The van der Waals surface area contributed by atoms with Crippen molar-refractivity contribution in [3.05, 3.63) is 65.4 Å². The molecule has 2 amide bonds. The lowest BCUT2D eigenvalue weighted by Gasteiger charge is -2.35. The minimum atomic E-state index is -0.0694. The van der Waals surface area contributed by atoms with Crippen molar-refractivity contribution in [1.29, 1.82) is 0 Å². The summed E-state index contributed by atoms with van der Waals surface area (Å²) >= 11 is 0. The van der Waals surface area contributed by atoms with Gasteiger partial charge in [0.15, 0.2) is 0 Å². The molecule has 168 valence electrons. The molecule has 1 fully saturated rings. The molecule has 32 heavy (non-hydrogen) atoms. The highest BCUT2D eigenvalue weighted by molar-refractivity contribution is 5.88. The highest BCUT2D eigenvalue weighted by atomic mass is 16.5. The number of aromatic nitrogens is 1. The number of aryl methyl sites for hydroxylation is 1. The maximum Gasteiger partial charge on any atom is 0.223 e. The molecule has 0 spiro atoms. The van der Waals surface area contributed by atoms with E-state index < -0.39 is 0 Å². The number of fused-ring (bicyclic) bond motifs is 1. The van der Waals surface area contributed by atoms with Gasteiger partial charge in [-0.3, -0.25) is 9.59 Å². The number of piperazine rings is 1. The van der Waals surface area contributed by atoms with Crippen LogP contribution in [-0.4, -0.2) is 59.9 Å². The van der Waals surface area contributed by atoms with Crippen molar-refractivity contribution in [2.45, 2.75) is 32.6 Å². The first-order chi connectivity index (χ1) is 15.5. The zero-order valence-corrected chi connectivity index (χ0v) is 19.1. The van der Waals surface area contributed by atoms with Gasteiger partial charge in [-0.25, -0.2) is 0 Å². The summed E-state index contributed by atoms with van der Waals surface area (Å²) in [7, 11) is 1.66. The molecule has 1 saturated heterocycles. The van der Waals surface area contributed by atoms with Gasteiger partial charge in [-0.2, -0.15) is 0 Å². The molecular formula is C26H31N3O3. The number of benzene rings is 2. The number of aromatic amines is 1. The Bertz CT molecular complexity index is 1100. The van der Waals surface area contributed by atoms with Gasteiger partial charge in [-0.1, -0.05) is 37.3 Å². The van der Waals surface area contributed by atoms with E-state index in [4.69, 9.17) is 4.74 Å². The molecule has 1 N–H and O–H groups in total. The molecule has 4 rings (SSSR count). The Balaban J connectivity index is 1.65. The molecular weight excluding hydrogens is 402 g/mol. The van der Waals surface area contributed by atoms with Gasteiger partial charge in [-0.05, 0) is 35.2 Å². The van der Waals surface area contributed by atoms with Crippen LogP contribution in [0.25, 0.3) is 10.9 Å². The van der Waals surface area contributed by atoms with Crippen LogP contribution in [0.1, 0.15) is 42.9 Å². The predicted molar refractivity (Wildman–Crippen MR) is 126 cm³/mol. The molecule has 2 heterocycles. The van der Waals surface area contributed by atoms with E-state index in [2.05, 4.69) is 36.3 Å². The fourth-order valence-electron chi connectivity index (χ4n) is 4.64. The van der Waals surface area contributed by atoms with Crippen LogP contribution in [0.4, 0.5) is 0 Å². The summed E-state index contributed by atoms with van der Waals surface area (Å²) in [6, 6.07) is 14.4. The molecule has 6 heteroatoms. The minimum absolute atomic E-state index is 0.0683. The Kier molecular flexibility index (Phi) is 6.49. The van der Waals surface area contributed by atoms with Crippen molar-refractivity contribution in [3.63, 3.8) is 0 Å². The molecule has 1 atom stereocenters. The molecule has 0 saturated carbocycles. The van der Waals surface area contributed by atoms with Crippen LogP contribution in [-0.2, 0) is 16.0 Å². The Morgan fingerprint density at radius 2 is 1.72 bits per heavy atom. The second-order valence-electron chi connectivity index (χ2n) is 8.35. The van der Waals surface area contributed by atoms with Crippen LogP contribution >= 0.6 is 0 Å². The van der Waals surface area contributed by atoms with E-state index in [0.29, 0.717) is 32.6 Å². The number of carbonyl (C=O) groups excluding carboxylic acids is 2. The summed E-state index contributed by atoms with van der Waals surface area (Å²) < 4.78 is 5.33. The lowest BCUT2D eigenvalue weighted by atomic mass is 9.87. The van der Waals surface area contributed by atoms with Gasteiger partial charge in [-0.15, -0.1) is 0 Å². The highest BCUT2D eigenvalue weighted by Crippen LogP contribution is 2.35. The third-order valence-corrected chi connectivity index (χ3v) is 6.56. The molecule has 1 aliphatic heterocycles. The maximum absolute atomic E-state index is 13.3. The van der Waals surface area contributed by atoms with Crippen molar-refractivity contribution in [2.24, 2.45) is 0 Å². The van der Waals surface area contributed by atoms with Crippen LogP contribution in [0.5, 0.6) is 5.75 Å². The standard InChI is InChI=1S/C26H31N3O3/c1-4-19-6-5-7-22-24(17-27-26(19)22)23(20-8-10-21(32-3)11-9-20)16-25(31)29-14-12-28(13-15-29)18(2)30/h5-11,17,23,27H,4,12-16H2,1-3H3/t23-/m0/s1. The number of hydrogen-bond donors (Lipinski definition) is 1. The van der Waals surface area contributed by atoms with E-state index in [9.17, 15) is 9.59 Å². The lowest BCUT2D eigenvalue weighted by molar-refractivity contribution is -0.138. The summed E-state index contributed by atoms with van der Waals surface area (Å²) in [4.78, 5) is 32.1. The predicted octanol–water partition coefficient (Wildman–Crippen LogP) is 3.95. The summed E-state index contributed by atoms with van der Waals surface area (Å²) in [6.45, 7) is 6.10. The van der Waals surface area contributed by atoms with E-state index >= 15 is 0 Å². The molecule has 1 aromatic heterocycles. The Morgan fingerprint density at radius 1 is 1.03 bits per heavy atom. The van der Waals surface area contributed by atoms with E-state index in [0.717, 1.165) is 28.8 Å². The van der Waals surface area contributed by atoms with E-state index in [1.54, 1.807) is 18.9 Å². The number of H-pyrrole nitrogens is 1. The van der Waals surface area contributed by atoms with Crippen LogP contribution in [0.2, 0.25) is 0 Å². The molecule has 3 aromatic rings. The number of carbonyl (C=O) groups is 2. The minimum Gasteiger partial charge on any atom is -0.497 e. The van der Waals surface area contributed by atoms with Gasteiger partial charge < -0.3 is 19.5 Å². The van der Waals surface area contributed by atoms with Crippen molar-refractivity contribution in [3.8, 4) is 5.75 Å². The Morgan fingerprint density at radius 3 is 2.34 bits per heavy atom. The summed E-state index contributed by atoms with van der Waals surface area (Å²) in [5.41, 5.74) is 4.64. The Labute approximate surface area is 189 Å². The average molecular weight is 434 g/mol. The monoisotopic (exact) mass is 433 g/mol. The summed E-state index contributed by atoms with van der Waals surface area (Å²) in [6.07, 6.45) is 3.39. The normalized spacial score (nSPS) is 15.1. The fourth-order valence-corrected chi connectivity index (χ4v) is 4.64. The van der Waals surface area contributed by atoms with Crippen LogP contribution in [0.3, 0.4) is 0 Å². The van der Waals surface area contributed by atoms with Gasteiger partial charge in [0.2, 0.25) is 11.8 Å². The van der Waals surface area contributed by atoms with Crippen molar-refractivity contribution >= 4 is 22.7 Å². The van der Waals surface area contributed by atoms with E-state index in [1.165, 1.54) is 10.9 Å². The van der Waals surface area contributed by atoms with Gasteiger partial charge in [0.05, 0.1) is 7.11 Å². The first-order valence-corrected chi connectivity index (χ1v) is 11.3.